The number of hydrogen-bond acceptors (Lipinski definition) is 4. The molecule has 7 heteroatoms. The third-order valence-electron chi connectivity index (χ3n) is 3.46. The van der Waals surface area contributed by atoms with Gasteiger partial charge in [0.25, 0.3) is 0 Å². The molecule has 1 aromatic rings. The minimum Gasteiger partial charge on any atom is -0.370 e. The Kier molecular flexibility index (Phi) is 5.14. The summed E-state index contributed by atoms with van der Waals surface area (Å²) in [6.07, 6.45) is -0.0804. The van der Waals surface area contributed by atoms with E-state index in [1.54, 1.807) is 12.1 Å². The summed E-state index contributed by atoms with van der Waals surface area (Å²) in [6, 6.07) is 7.06. The molecule has 2 rings (SSSR count). The van der Waals surface area contributed by atoms with Crippen molar-refractivity contribution in [2.75, 3.05) is 38.0 Å². The van der Waals surface area contributed by atoms with Crippen molar-refractivity contribution in [2.24, 2.45) is 0 Å². The maximum absolute atomic E-state index is 12.5. The third kappa shape index (κ3) is 3.51. The number of rotatable bonds is 4. The highest BCUT2D eigenvalue weighted by atomic mass is 35.5. The number of benzene rings is 1. The van der Waals surface area contributed by atoms with E-state index in [9.17, 15) is 8.42 Å². The fourth-order valence-electron chi connectivity index (χ4n) is 2.46. The highest BCUT2D eigenvalue weighted by Gasteiger charge is 2.29. The Morgan fingerprint density at radius 1 is 1.33 bits per heavy atom. The number of ether oxygens (including phenoxy) is 1. The molecule has 0 aliphatic carbocycles. The van der Waals surface area contributed by atoms with Crippen LogP contribution in [0.15, 0.2) is 29.2 Å². The lowest BCUT2D eigenvalue weighted by Crippen LogP contribution is -2.48. The maximum atomic E-state index is 12.5. The first-order valence-corrected chi connectivity index (χ1v) is 8.81. The predicted molar refractivity (Wildman–Crippen MR) is 84.6 cm³/mol. The van der Waals surface area contributed by atoms with Crippen LogP contribution in [0.4, 0.5) is 5.69 Å². The molecule has 5 nitrogen and oxygen atoms in total. The molecule has 2 atom stereocenters. The number of halogens is 1. The lowest BCUT2D eigenvalue weighted by atomic mass is 10.2. The highest BCUT2D eigenvalue weighted by Crippen LogP contribution is 2.29. The van der Waals surface area contributed by atoms with Crippen molar-refractivity contribution in [3.8, 4) is 0 Å². The molecule has 0 N–H and O–H groups in total. The van der Waals surface area contributed by atoms with Crippen molar-refractivity contribution < 1.29 is 13.2 Å². The molecule has 0 saturated carbocycles. The van der Waals surface area contributed by atoms with Gasteiger partial charge in [-0.05, 0) is 19.1 Å². The summed E-state index contributed by atoms with van der Waals surface area (Å²) in [5, 5.41) is 0. The van der Waals surface area contributed by atoms with Crippen LogP contribution < -0.4 is 4.90 Å². The molecule has 0 bridgehead atoms. The van der Waals surface area contributed by atoms with E-state index in [1.165, 1.54) is 18.4 Å². The lowest BCUT2D eigenvalue weighted by molar-refractivity contribution is -0.00349. The first-order chi connectivity index (χ1) is 9.86. The number of hydrogen-bond donors (Lipinski definition) is 0. The summed E-state index contributed by atoms with van der Waals surface area (Å²) in [7, 11) is -0.406. The molecule has 1 aromatic carbocycles. The van der Waals surface area contributed by atoms with E-state index < -0.39 is 10.0 Å². The van der Waals surface area contributed by atoms with Gasteiger partial charge in [-0.3, -0.25) is 0 Å². The van der Waals surface area contributed by atoms with Crippen LogP contribution >= 0.6 is 11.6 Å². The lowest BCUT2D eigenvalue weighted by Gasteiger charge is -2.38. The van der Waals surface area contributed by atoms with Crippen molar-refractivity contribution in [1.29, 1.82) is 0 Å². The van der Waals surface area contributed by atoms with Gasteiger partial charge < -0.3 is 9.64 Å². The number of alkyl halides is 1. The van der Waals surface area contributed by atoms with Gasteiger partial charge in [-0.2, -0.15) is 0 Å². The first-order valence-electron chi connectivity index (χ1n) is 6.84. The SMILES string of the molecule is CC1CN(c2ccccc2S(=O)(=O)N(C)C)CC(CCl)O1. The van der Waals surface area contributed by atoms with Crippen LogP contribution in [0.3, 0.4) is 0 Å². The normalized spacial score (nSPS) is 23.6. The van der Waals surface area contributed by atoms with Crippen LogP contribution in [-0.2, 0) is 14.8 Å². The zero-order valence-corrected chi connectivity index (χ0v) is 14.1. The molecular weight excluding hydrogens is 312 g/mol. The zero-order chi connectivity index (χ0) is 15.6. The molecule has 1 fully saturated rings. The molecule has 118 valence electrons. The number of sulfonamides is 1. The Morgan fingerprint density at radius 2 is 2.00 bits per heavy atom. The number of nitrogens with zero attached hydrogens (tertiary/aromatic N) is 2. The van der Waals surface area contributed by atoms with Gasteiger partial charge in [-0.25, -0.2) is 12.7 Å². The fourth-order valence-corrected chi connectivity index (χ4v) is 3.74. The van der Waals surface area contributed by atoms with Crippen LogP contribution in [0.25, 0.3) is 0 Å². The molecule has 1 aliphatic rings. The molecule has 0 amide bonds. The van der Waals surface area contributed by atoms with E-state index in [0.29, 0.717) is 29.6 Å². The number of para-hydroxylation sites is 1. The topological polar surface area (TPSA) is 49.9 Å². The molecule has 1 aliphatic heterocycles. The second-order valence-electron chi connectivity index (χ2n) is 5.38. The molecule has 0 radical (unpaired) electrons. The van der Waals surface area contributed by atoms with Gasteiger partial charge in [0.05, 0.1) is 23.8 Å². The van der Waals surface area contributed by atoms with Gasteiger partial charge in [0, 0.05) is 27.2 Å². The van der Waals surface area contributed by atoms with Gasteiger partial charge in [0.15, 0.2) is 0 Å². The highest BCUT2D eigenvalue weighted by molar-refractivity contribution is 7.89. The third-order valence-corrected chi connectivity index (χ3v) is 5.67. The smallest absolute Gasteiger partial charge is 0.244 e. The van der Waals surface area contributed by atoms with Gasteiger partial charge in [0.2, 0.25) is 10.0 Å². The van der Waals surface area contributed by atoms with Gasteiger partial charge in [-0.15, -0.1) is 11.6 Å². The summed E-state index contributed by atoms with van der Waals surface area (Å²) in [4.78, 5) is 2.36. The molecule has 0 spiro atoms. The van der Waals surface area contributed by atoms with E-state index in [1.807, 2.05) is 24.0 Å². The van der Waals surface area contributed by atoms with Crippen LogP contribution in [-0.4, -0.2) is 58.0 Å². The first kappa shape index (κ1) is 16.5. The van der Waals surface area contributed by atoms with Gasteiger partial charge in [-0.1, -0.05) is 12.1 Å². The Hall–Kier alpha value is -0.820. The van der Waals surface area contributed by atoms with Crippen molar-refractivity contribution in [3.63, 3.8) is 0 Å². The standard InChI is InChI=1S/C14H21ClN2O3S/c1-11-9-17(10-12(8-15)20-11)13-6-4-5-7-14(13)21(18,19)16(2)3/h4-7,11-12H,8-10H2,1-3H3. The summed E-state index contributed by atoms with van der Waals surface area (Å²) >= 11 is 5.90. The largest absolute Gasteiger partial charge is 0.370 e. The monoisotopic (exact) mass is 332 g/mol. The summed E-state index contributed by atoms with van der Waals surface area (Å²) in [5.41, 5.74) is 0.705. The predicted octanol–water partition coefficient (Wildman–Crippen LogP) is 1.77. The maximum Gasteiger partial charge on any atom is 0.244 e. The van der Waals surface area contributed by atoms with Crippen LogP contribution in [0.2, 0.25) is 0 Å². The van der Waals surface area contributed by atoms with Gasteiger partial charge in [0.1, 0.15) is 4.90 Å². The van der Waals surface area contributed by atoms with E-state index in [0.717, 1.165) is 0 Å². The number of anilines is 1. The van der Waals surface area contributed by atoms with Crippen molar-refractivity contribution in [3.05, 3.63) is 24.3 Å². The van der Waals surface area contributed by atoms with E-state index in [4.69, 9.17) is 16.3 Å². The average molecular weight is 333 g/mol. The molecule has 1 saturated heterocycles. The quantitative estimate of drug-likeness (QED) is 0.788. The van der Waals surface area contributed by atoms with Gasteiger partial charge >= 0.3 is 0 Å². The molecule has 1 heterocycles. The van der Waals surface area contributed by atoms with Crippen molar-refractivity contribution in [1.82, 2.24) is 4.31 Å². The van der Waals surface area contributed by atoms with Crippen LogP contribution in [0, 0.1) is 0 Å². The minimum atomic E-state index is -3.48. The summed E-state index contributed by atoms with van der Waals surface area (Å²) in [5.74, 6) is 0.392. The molecular formula is C14H21ClN2O3S. The Morgan fingerprint density at radius 3 is 2.62 bits per heavy atom. The average Bonchev–Trinajstić information content (AvgIpc) is 2.46. The molecule has 21 heavy (non-hydrogen) atoms. The minimum absolute atomic E-state index is 0.0117. The van der Waals surface area contributed by atoms with Crippen LogP contribution in [0.1, 0.15) is 6.92 Å². The second kappa shape index (κ2) is 6.52. The van der Waals surface area contributed by atoms with Crippen LogP contribution in [0.5, 0.6) is 0 Å². The van der Waals surface area contributed by atoms with E-state index in [-0.39, 0.29) is 12.2 Å². The van der Waals surface area contributed by atoms with Crippen molar-refractivity contribution in [2.45, 2.75) is 24.0 Å². The fraction of sp³-hybridized carbons (Fsp3) is 0.571. The van der Waals surface area contributed by atoms with Crippen molar-refractivity contribution >= 4 is 27.3 Å². The zero-order valence-electron chi connectivity index (χ0n) is 12.5. The molecule has 2 unspecified atom stereocenters. The molecule has 0 aromatic heterocycles. The second-order valence-corrected chi connectivity index (χ2v) is 7.81. The summed E-state index contributed by atoms with van der Waals surface area (Å²) in [6.45, 7) is 3.20. The van der Waals surface area contributed by atoms with E-state index in [2.05, 4.69) is 0 Å². The Balaban J connectivity index is 2.41. The Bertz CT molecular complexity index is 592. The Labute approximate surface area is 131 Å². The van der Waals surface area contributed by atoms with E-state index >= 15 is 0 Å². The summed E-state index contributed by atoms with van der Waals surface area (Å²) < 4.78 is 31.9. The number of morpholine rings is 1.